The van der Waals surface area contributed by atoms with Crippen LogP contribution in [-0.2, 0) is 9.84 Å². The van der Waals surface area contributed by atoms with Crippen molar-refractivity contribution in [2.24, 2.45) is 16.3 Å². The van der Waals surface area contributed by atoms with Crippen molar-refractivity contribution in [1.29, 1.82) is 0 Å². The van der Waals surface area contributed by atoms with Gasteiger partial charge in [-0.05, 0) is 43.4 Å². The second-order valence-electron chi connectivity index (χ2n) is 7.99. The lowest BCUT2D eigenvalue weighted by atomic mass is 9.75. The van der Waals surface area contributed by atoms with Crippen LogP contribution in [0.1, 0.15) is 59.3 Å². The fourth-order valence-electron chi connectivity index (χ4n) is 3.65. The Morgan fingerprint density at radius 2 is 2.04 bits per heavy atom. The lowest BCUT2D eigenvalue weighted by Gasteiger charge is -2.36. The van der Waals surface area contributed by atoms with E-state index in [1.807, 2.05) is 0 Å². The van der Waals surface area contributed by atoms with E-state index in [9.17, 15) is 8.42 Å². The summed E-state index contributed by atoms with van der Waals surface area (Å²) in [6.45, 7) is 8.30. The maximum atomic E-state index is 11.6. The Morgan fingerprint density at radius 1 is 1.29 bits per heavy atom. The molecular formula is C17H34IN3O2S. The second-order valence-corrected chi connectivity index (χ2v) is 10.2. The summed E-state index contributed by atoms with van der Waals surface area (Å²) >= 11 is 0. The van der Waals surface area contributed by atoms with Crippen molar-refractivity contribution < 1.29 is 8.42 Å². The van der Waals surface area contributed by atoms with E-state index in [2.05, 4.69) is 36.4 Å². The number of rotatable bonds is 5. The summed E-state index contributed by atoms with van der Waals surface area (Å²) < 4.78 is 23.1. The molecule has 5 nitrogen and oxygen atoms in total. The van der Waals surface area contributed by atoms with Crippen molar-refractivity contribution in [2.75, 3.05) is 24.6 Å². The number of hydrogen-bond donors (Lipinski definition) is 2. The minimum Gasteiger partial charge on any atom is -0.356 e. The van der Waals surface area contributed by atoms with Crippen LogP contribution in [0.2, 0.25) is 0 Å². The number of halogens is 1. The predicted octanol–water partition coefficient (Wildman–Crippen LogP) is 2.95. The highest BCUT2D eigenvalue weighted by molar-refractivity contribution is 14.0. The SMILES string of the molecule is CCCNC(=NCC1CCS(=O)(=O)C1)NC1CCCC(C)(C)C1.I. The molecule has 24 heavy (non-hydrogen) atoms. The van der Waals surface area contributed by atoms with Crippen LogP contribution in [0.25, 0.3) is 0 Å². The normalized spacial score (nSPS) is 28.9. The zero-order valence-corrected chi connectivity index (χ0v) is 18.5. The number of nitrogens with one attached hydrogen (secondary N) is 2. The van der Waals surface area contributed by atoms with E-state index in [0.29, 0.717) is 29.5 Å². The van der Waals surface area contributed by atoms with E-state index in [1.165, 1.54) is 19.3 Å². The molecule has 2 atom stereocenters. The van der Waals surface area contributed by atoms with Gasteiger partial charge in [0.25, 0.3) is 0 Å². The molecule has 2 rings (SSSR count). The van der Waals surface area contributed by atoms with E-state index >= 15 is 0 Å². The monoisotopic (exact) mass is 471 g/mol. The number of aliphatic imine (C=N–C) groups is 1. The second kappa shape index (κ2) is 9.59. The van der Waals surface area contributed by atoms with E-state index in [4.69, 9.17) is 0 Å². The van der Waals surface area contributed by atoms with Gasteiger partial charge in [0.15, 0.2) is 15.8 Å². The van der Waals surface area contributed by atoms with Gasteiger partial charge >= 0.3 is 0 Å². The summed E-state index contributed by atoms with van der Waals surface area (Å²) in [6.07, 6.45) is 6.70. The van der Waals surface area contributed by atoms with Gasteiger partial charge in [-0.15, -0.1) is 24.0 Å². The first-order valence-corrected chi connectivity index (χ1v) is 10.9. The molecule has 1 aliphatic carbocycles. The van der Waals surface area contributed by atoms with Gasteiger partial charge in [-0.25, -0.2) is 8.42 Å². The number of hydrogen-bond acceptors (Lipinski definition) is 3. The summed E-state index contributed by atoms with van der Waals surface area (Å²) in [5, 5.41) is 6.96. The first-order valence-electron chi connectivity index (χ1n) is 9.05. The number of guanidine groups is 1. The maximum absolute atomic E-state index is 11.6. The van der Waals surface area contributed by atoms with E-state index in [-0.39, 0.29) is 29.9 Å². The Morgan fingerprint density at radius 3 is 2.62 bits per heavy atom. The predicted molar refractivity (Wildman–Crippen MR) is 112 cm³/mol. The lowest BCUT2D eigenvalue weighted by molar-refractivity contribution is 0.210. The molecule has 1 saturated carbocycles. The third kappa shape index (κ3) is 7.45. The number of nitrogens with zero attached hydrogens (tertiary/aromatic N) is 1. The van der Waals surface area contributed by atoms with E-state index in [0.717, 1.165) is 31.8 Å². The van der Waals surface area contributed by atoms with Crippen molar-refractivity contribution in [2.45, 2.75) is 65.3 Å². The summed E-state index contributed by atoms with van der Waals surface area (Å²) in [6, 6.07) is 0.467. The molecule has 7 heteroatoms. The molecule has 2 N–H and O–H groups in total. The van der Waals surface area contributed by atoms with Crippen LogP contribution in [-0.4, -0.2) is 45.0 Å². The molecule has 0 aromatic heterocycles. The highest BCUT2D eigenvalue weighted by atomic mass is 127. The Labute approximate surface area is 164 Å². The molecule has 0 amide bonds. The highest BCUT2D eigenvalue weighted by Crippen LogP contribution is 2.35. The molecule has 2 aliphatic rings. The van der Waals surface area contributed by atoms with Crippen LogP contribution in [0.4, 0.5) is 0 Å². The summed E-state index contributed by atoms with van der Waals surface area (Å²) in [4.78, 5) is 4.68. The van der Waals surface area contributed by atoms with Gasteiger partial charge in [-0.3, -0.25) is 4.99 Å². The summed E-state index contributed by atoms with van der Waals surface area (Å²) in [5.41, 5.74) is 0.394. The third-order valence-corrected chi connectivity index (χ3v) is 6.76. The molecule has 2 fully saturated rings. The largest absolute Gasteiger partial charge is 0.356 e. The van der Waals surface area contributed by atoms with Crippen molar-refractivity contribution in [3.8, 4) is 0 Å². The van der Waals surface area contributed by atoms with Crippen LogP contribution >= 0.6 is 24.0 Å². The first kappa shape index (κ1) is 22.0. The first-order chi connectivity index (χ1) is 10.8. The molecule has 0 aromatic rings. The van der Waals surface area contributed by atoms with Gasteiger partial charge in [-0.2, -0.15) is 0 Å². The van der Waals surface area contributed by atoms with Gasteiger partial charge in [0.2, 0.25) is 0 Å². The fraction of sp³-hybridized carbons (Fsp3) is 0.941. The smallest absolute Gasteiger partial charge is 0.191 e. The Hall–Kier alpha value is -0.0500. The average molecular weight is 471 g/mol. The van der Waals surface area contributed by atoms with E-state index < -0.39 is 9.84 Å². The molecule has 1 aliphatic heterocycles. The van der Waals surface area contributed by atoms with Crippen LogP contribution in [0, 0.1) is 11.3 Å². The quantitative estimate of drug-likeness (QED) is 0.368. The summed E-state index contributed by atoms with van der Waals surface area (Å²) in [7, 11) is -2.81. The molecular weight excluding hydrogens is 437 g/mol. The minimum atomic E-state index is -2.81. The fourth-order valence-corrected chi connectivity index (χ4v) is 5.50. The third-order valence-electron chi connectivity index (χ3n) is 4.92. The van der Waals surface area contributed by atoms with Crippen LogP contribution in [0.3, 0.4) is 0 Å². The Kier molecular flexibility index (Phi) is 8.79. The van der Waals surface area contributed by atoms with Gasteiger partial charge in [0, 0.05) is 19.1 Å². The van der Waals surface area contributed by atoms with Gasteiger partial charge in [-0.1, -0.05) is 27.2 Å². The van der Waals surface area contributed by atoms with Crippen molar-refractivity contribution in [3.63, 3.8) is 0 Å². The minimum absolute atomic E-state index is 0. The molecule has 0 spiro atoms. The molecule has 0 aromatic carbocycles. The molecule has 2 unspecified atom stereocenters. The maximum Gasteiger partial charge on any atom is 0.191 e. The van der Waals surface area contributed by atoms with Crippen molar-refractivity contribution in [3.05, 3.63) is 0 Å². The summed E-state index contributed by atoms with van der Waals surface area (Å²) in [5.74, 6) is 1.67. The van der Waals surface area contributed by atoms with Gasteiger partial charge in [0.1, 0.15) is 0 Å². The van der Waals surface area contributed by atoms with Gasteiger partial charge in [0.05, 0.1) is 11.5 Å². The van der Waals surface area contributed by atoms with Crippen molar-refractivity contribution in [1.82, 2.24) is 10.6 Å². The zero-order valence-electron chi connectivity index (χ0n) is 15.3. The molecule has 0 radical (unpaired) electrons. The molecule has 142 valence electrons. The standard InChI is InChI=1S/C17H33N3O2S.HI/c1-4-9-18-16(19-12-14-7-10-23(21,22)13-14)20-15-6-5-8-17(2,3)11-15;/h14-15H,4-13H2,1-3H3,(H2,18,19,20);1H. The van der Waals surface area contributed by atoms with Crippen molar-refractivity contribution >= 4 is 39.8 Å². The lowest BCUT2D eigenvalue weighted by Crippen LogP contribution is -2.47. The average Bonchev–Trinajstić information content (AvgIpc) is 2.80. The molecule has 0 bridgehead atoms. The van der Waals surface area contributed by atoms with Gasteiger partial charge < -0.3 is 10.6 Å². The topological polar surface area (TPSA) is 70.6 Å². The van der Waals surface area contributed by atoms with Crippen LogP contribution in [0.5, 0.6) is 0 Å². The number of sulfone groups is 1. The highest BCUT2D eigenvalue weighted by Gasteiger charge is 2.29. The van der Waals surface area contributed by atoms with E-state index in [1.54, 1.807) is 0 Å². The van der Waals surface area contributed by atoms with Crippen LogP contribution < -0.4 is 10.6 Å². The van der Waals surface area contributed by atoms with Crippen LogP contribution in [0.15, 0.2) is 4.99 Å². The Balaban J connectivity index is 0.00000288. The zero-order chi connectivity index (χ0) is 16.9. The molecule has 1 saturated heterocycles. The Bertz CT molecular complexity index is 520. The molecule has 1 heterocycles.